The Morgan fingerprint density at radius 1 is 1.11 bits per heavy atom. The highest BCUT2D eigenvalue weighted by molar-refractivity contribution is 5.94. The van der Waals surface area contributed by atoms with E-state index in [1.807, 2.05) is 44.9 Å². The van der Waals surface area contributed by atoms with E-state index in [2.05, 4.69) is 20.6 Å². The van der Waals surface area contributed by atoms with Crippen LogP contribution in [-0.2, 0) is 11.3 Å². The maximum Gasteiger partial charge on any atom is 0.237 e. The number of hydrogen-bond acceptors (Lipinski definition) is 9. The molecule has 2 aliphatic heterocycles. The van der Waals surface area contributed by atoms with Gasteiger partial charge in [-0.1, -0.05) is 19.9 Å². The monoisotopic (exact) mass is 481 g/mol. The van der Waals surface area contributed by atoms with Crippen LogP contribution in [0.3, 0.4) is 0 Å². The molecule has 0 unspecified atom stereocenters. The maximum atomic E-state index is 12.6. The molecular weight excluding hydrogens is 450 g/mol. The first kappa shape index (κ1) is 24.3. The summed E-state index contributed by atoms with van der Waals surface area (Å²) in [6, 6.07) is 6.73. The molecule has 0 saturated heterocycles. The van der Waals surface area contributed by atoms with E-state index < -0.39 is 0 Å². The molecule has 2 aromatic carbocycles. The first-order valence-corrected chi connectivity index (χ1v) is 11.8. The molecule has 1 aromatic heterocycles. The van der Waals surface area contributed by atoms with E-state index in [1.165, 1.54) is 6.33 Å². The van der Waals surface area contributed by atoms with Crippen molar-refractivity contribution in [2.75, 3.05) is 32.3 Å². The van der Waals surface area contributed by atoms with Crippen molar-refractivity contribution < 1.29 is 24.1 Å². The molecule has 0 aliphatic carbocycles. The summed E-state index contributed by atoms with van der Waals surface area (Å²) in [5, 5.41) is 17.4. The zero-order chi connectivity index (χ0) is 24.9. The fourth-order valence-electron chi connectivity index (χ4n) is 3.91. The van der Waals surface area contributed by atoms with Crippen LogP contribution in [0.4, 0.5) is 11.5 Å². The average molecular weight is 482 g/mol. The summed E-state index contributed by atoms with van der Waals surface area (Å²) >= 11 is 0. The van der Waals surface area contributed by atoms with Crippen LogP contribution in [0.5, 0.6) is 23.0 Å². The highest BCUT2D eigenvalue weighted by Crippen LogP contribution is 2.44. The molecule has 2 aliphatic rings. The molecule has 3 aromatic rings. The topological polar surface area (TPSA) is 118 Å². The van der Waals surface area contributed by atoms with Gasteiger partial charge in [0.25, 0.3) is 0 Å². The summed E-state index contributed by atoms with van der Waals surface area (Å²) in [4.78, 5) is 23.3. The summed E-state index contributed by atoms with van der Waals surface area (Å²) < 4.78 is 17.1. The first-order valence-electron chi connectivity index (χ1n) is 11.8. The molecule has 186 valence electrons. The van der Waals surface area contributed by atoms with E-state index in [1.54, 1.807) is 12.1 Å². The number of anilines is 2. The number of aromatic nitrogens is 2. The Balaban J connectivity index is 0.00000141. The summed E-state index contributed by atoms with van der Waals surface area (Å²) in [5.41, 5.74) is 2.19. The van der Waals surface area contributed by atoms with Crippen molar-refractivity contribution in [1.29, 1.82) is 0 Å². The van der Waals surface area contributed by atoms with Crippen LogP contribution in [0.25, 0.3) is 10.9 Å². The molecular formula is C25H31N5O5. The van der Waals surface area contributed by atoms with Crippen LogP contribution < -0.4 is 24.8 Å². The van der Waals surface area contributed by atoms with Gasteiger partial charge in [0.2, 0.25) is 12.7 Å². The Labute approximate surface area is 204 Å². The average Bonchev–Trinajstić information content (AvgIpc) is 3.35. The number of carbonyl (C=O) groups is 1. The summed E-state index contributed by atoms with van der Waals surface area (Å²) in [6.07, 6.45) is 2.03. The number of ether oxygens (including phenoxy) is 3. The van der Waals surface area contributed by atoms with Gasteiger partial charge in [0.1, 0.15) is 12.1 Å². The van der Waals surface area contributed by atoms with Gasteiger partial charge in [-0.05, 0) is 38.1 Å². The molecule has 1 atom stereocenters. The highest BCUT2D eigenvalue weighted by Gasteiger charge is 2.25. The van der Waals surface area contributed by atoms with Crippen LogP contribution in [0.15, 0.2) is 30.6 Å². The minimum Gasteiger partial charge on any atom is -0.504 e. The minimum absolute atomic E-state index is 0.00873. The standard InChI is InChI=1S/C23H25N5O5.C2H6/c1-13-23(30)24-6-3-7-31-19-8-15-16(9-17(19)29)25-11-26-22(15)27-20-14(10-28(13)2)4-5-18-21(20)33-12-32-18;1-2/h4-5,8-9,11,13,29H,3,6-7,10,12H2,1-2H3,(H,24,30)(H,25,26,27);1-2H3/t13-;/m0./s1. The number of likely N-dealkylation sites (N-methyl/N-ethyl adjacent to an activating group) is 1. The van der Waals surface area contributed by atoms with Gasteiger partial charge in [0.05, 0.1) is 23.9 Å². The van der Waals surface area contributed by atoms with Gasteiger partial charge < -0.3 is 30.0 Å². The van der Waals surface area contributed by atoms with E-state index in [-0.39, 0.29) is 24.5 Å². The van der Waals surface area contributed by atoms with Crippen molar-refractivity contribution in [2.45, 2.75) is 39.8 Å². The number of hydrogen-bond donors (Lipinski definition) is 3. The molecule has 0 fully saturated rings. The second-order valence-corrected chi connectivity index (χ2v) is 8.10. The number of benzene rings is 2. The Morgan fingerprint density at radius 2 is 1.94 bits per heavy atom. The second-order valence-electron chi connectivity index (χ2n) is 8.10. The predicted octanol–water partition coefficient (Wildman–Crippen LogP) is 3.55. The number of phenols is 1. The highest BCUT2D eigenvalue weighted by atomic mass is 16.7. The molecule has 0 saturated carbocycles. The SMILES string of the molecule is CC.C[C@H]1C(=O)NCCCOc2cc3c(ncnc3cc2O)Nc2c(ccc3c2OCO3)CN1C. The number of rotatable bonds is 0. The van der Waals surface area contributed by atoms with Crippen molar-refractivity contribution in [3.63, 3.8) is 0 Å². The number of nitrogens with zero attached hydrogens (tertiary/aromatic N) is 3. The third kappa shape index (κ3) is 5.02. The Morgan fingerprint density at radius 3 is 2.77 bits per heavy atom. The van der Waals surface area contributed by atoms with Gasteiger partial charge in [-0.15, -0.1) is 0 Å². The molecule has 3 heterocycles. The third-order valence-corrected chi connectivity index (χ3v) is 5.92. The molecule has 10 heteroatoms. The first-order chi connectivity index (χ1) is 17.0. The maximum absolute atomic E-state index is 12.6. The van der Waals surface area contributed by atoms with Gasteiger partial charge in [0, 0.05) is 24.5 Å². The largest absolute Gasteiger partial charge is 0.504 e. The lowest BCUT2D eigenvalue weighted by molar-refractivity contribution is -0.125. The van der Waals surface area contributed by atoms with Crippen molar-refractivity contribution in [1.82, 2.24) is 20.2 Å². The van der Waals surface area contributed by atoms with Crippen LogP contribution in [0.2, 0.25) is 0 Å². The van der Waals surface area contributed by atoms with E-state index in [0.717, 1.165) is 5.56 Å². The zero-order valence-electron chi connectivity index (χ0n) is 20.4. The fourth-order valence-corrected chi connectivity index (χ4v) is 3.91. The molecule has 3 N–H and O–H groups in total. The Hall–Kier alpha value is -3.79. The third-order valence-electron chi connectivity index (χ3n) is 5.92. The molecule has 0 radical (unpaired) electrons. The van der Waals surface area contributed by atoms with Gasteiger partial charge in [-0.25, -0.2) is 9.97 Å². The van der Waals surface area contributed by atoms with E-state index in [0.29, 0.717) is 65.8 Å². The Kier molecular flexibility index (Phi) is 7.40. The molecule has 1 amide bonds. The smallest absolute Gasteiger partial charge is 0.237 e. The van der Waals surface area contributed by atoms with E-state index in [4.69, 9.17) is 14.2 Å². The Bertz CT molecular complexity index is 1220. The van der Waals surface area contributed by atoms with E-state index >= 15 is 0 Å². The van der Waals surface area contributed by atoms with Crippen LogP contribution in [0, 0.1) is 0 Å². The molecule has 35 heavy (non-hydrogen) atoms. The van der Waals surface area contributed by atoms with Crippen molar-refractivity contribution >= 4 is 28.3 Å². The van der Waals surface area contributed by atoms with Gasteiger partial charge in [0.15, 0.2) is 23.0 Å². The number of carbonyl (C=O) groups excluding carboxylic acids is 1. The second kappa shape index (κ2) is 10.6. The summed E-state index contributed by atoms with van der Waals surface area (Å²) in [6.45, 7) is 7.29. The summed E-state index contributed by atoms with van der Waals surface area (Å²) in [7, 11) is 1.90. The normalized spacial score (nSPS) is 18.1. The van der Waals surface area contributed by atoms with Gasteiger partial charge in [-0.3, -0.25) is 9.69 Å². The van der Waals surface area contributed by atoms with Crippen LogP contribution in [-0.4, -0.2) is 58.9 Å². The number of phenolic OH excluding ortho intramolecular Hbond substituents is 1. The lowest BCUT2D eigenvalue weighted by Gasteiger charge is -2.26. The van der Waals surface area contributed by atoms with Crippen LogP contribution in [0.1, 0.15) is 32.8 Å². The molecule has 10 nitrogen and oxygen atoms in total. The van der Waals surface area contributed by atoms with Gasteiger partial charge in [-0.2, -0.15) is 0 Å². The fraction of sp³-hybridized carbons (Fsp3) is 0.400. The number of fused-ring (bicyclic) bond motifs is 4. The lowest BCUT2D eigenvalue weighted by atomic mass is 10.1. The minimum atomic E-state index is -0.348. The summed E-state index contributed by atoms with van der Waals surface area (Å²) in [5.74, 6) is 2.00. The number of aromatic hydroxyl groups is 1. The van der Waals surface area contributed by atoms with Crippen molar-refractivity contribution in [3.05, 3.63) is 36.2 Å². The van der Waals surface area contributed by atoms with Gasteiger partial charge >= 0.3 is 0 Å². The molecule has 5 rings (SSSR count). The predicted molar refractivity (Wildman–Crippen MR) is 132 cm³/mol. The lowest BCUT2D eigenvalue weighted by Crippen LogP contribution is -2.43. The number of amides is 1. The molecule has 0 spiro atoms. The van der Waals surface area contributed by atoms with E-state index in [9.17, 15) is 9.90 Å². The zero-order valence-corrected chi connectivity index (χ0v) is 20.4. The van der Waals surface area contributed by atoms with Crippen LogP contribution >= 0.6 is 0 Å². The van der Waals surface area contributed by atoms with Crippen molar-refractivity contribution in [3.8, 4) is 23.0 Å². The quantitative estimate of drug-likeness (QED) is 0.443. The van der Waals surface area contributed by atoms with Crippen molar-refractivity contribution in [2.24, 2.45) is 0 Å². The number of nitrogens with one attached hydrogen (secondary N) is 2. The molecule has 2 bridgehead atoms.